The van der Waals surface area contributed by atoms with Gasteiger partial charge >= 0.3 is 5.97 Å². The second-order valence-electron chi connectivity index (χ2n) is 9.73. The van der Waals surface area contributed by atoms with E-state index in [2.05, 4.69) is 32.1 Å². The van der Waals surface area contributed by atoms with E-state index in [1.165, 1.54) is 25.6 Å². The molecule has 0 spiro atoms. The van der Waals surface area contributed by atoms with Gasteiger partial charge in [-0.05, 0) is 51.4 Å². The van der Waals surface area contributed by atoms with Gasteiger partial charge in [0.2, 0.25) is 0 Å². The number of alkyl halides is 1. The van der Waals surface area contributed by atoms with Crippen molar-refractivity contribution in [2.24, 2.45) is 0 Å². The molecule has 10 heteroatoms. The first-order valence-corrected chi connectivity index (χ1v) is 12.4. The first-order chi connectivity index (χ1) is 17.2. The van der Waals surface area contributed by atoms with Crippen LogP contribution in [0.3, 0.4) is 0 Å². The molecule has 0 radical (unpaired) electrons. The summed E-state index contributed by atoms with van der Waals surface area (Å²) in [7, 11) is 2.14. The number of carbonyl (C=O) groups is 1. The lowest BCUT2D eigenvalue weighted by Crippen LogP contribution is -2.43. The van der Waals surface area contributed by atoms with Crippen molar-refractivity contribution in [3.05, 3.63) is 47.9 Å². The van der Waals surface area contributed by atoms with E-state index in [1.807, 2.05) is 24.3 Å². The number of hydrogen-bond acceptors (Lipinski definition) is 8. The number of carboxylic acids is 1. The molecule has 0 amide bonds. The fraction of sp³-hybridized carbons (Fsp3) is 0.577. The van der Waals surface area contributed by atoms with Crippen molar-refractivity contribution < 1.29 is 23.8 Å². The Labute approximate surface area is 212 Å². The van der Waals surface area contributed by atoms with Gasteiger partial charge in [0.25, 0.3) is 0 Å². The molecule has 2 saturated heterocycles. The van der Waals surface area contributed by atoms with Gasteiger partial charge in [0.15, 0.2) is 6.61 Å². The fourth-order valence-electron chi connectivity index (χ4n) is 3.89. The van der Waals surface area contributed by atoms with Gasteiger partial charge in [0.05, 0.1) is 30.7 Å². The molecule has 2 N–H and O–H groups in total. The number of anilines is 1. The van der Waals surface area contributed by atoms with Crippen molar-refractivity contribution in [2.45, 2.75) is 44.9 Å². The lowest BCUT2D eigenvalue weighted by atomic mass is 10.1. The molecular weight excluding hydrogens is 465 g/mol. The van der Waals surface area contributed by atoms with Gasteiger partial charge in [-0.25, -0.2) is 14.2 Å². The second-order valence-corrected chi connectivity index (χ2v) is 9.73. The van der Waals surface area contributed by atoms with Gasteiger partial charge in [0.1, 0.15) is 17.2 Å². The molecule has 198 valence electrons. The minimum atomic E-state index is -1.46. The number of aliphatic carboxylic acids is 1. The van der Waals surface area contributed by atoms with E-state index in [0.29, 0.717) is 23.9 Å². The number of hydrogen-bond donors (Lipinski definition) is 2. The second kappa shape index (κ2) is 13.5. The lowest BCUT2D eigenvalue weighted by molar-refractivity contribution is -0.139. The maximum absolute atomic E-state index is 13.7. The molecule has 1 aromatic carbocycles. The predicted molar refractivity (Wildman–Crippen MR) is 136 cm³/mol. The van der Waals surface area contributed by atoms with E-state index in [0.717, 1.165) is 52.2 Å². The van der Waals surface area contributed by atoms with Gasteiger partial charge in [0, 0.05) is 39.3 Å². The van der Waals surface area contributed by atoms with Crippen LogP contribution < -0.4 is 10.1 Å². The summed E-state index contributed by atoms with van der Waals surface area (Å²) in [5.74, 6) is 0.259. The van der Waals surface area contributed by atoms with Gasteiger partial charge < -0.3 is 24.8 Å². The Bertz CT molecular complexity index is 940. The van der Waals surface area contributed by atoms with Crippen molar-refractivity contribution in [2.75, 3.05) is 58.4 Å². The number of ether oxygens (including phenoxy) is 2. The highest BCUT2D eigenvalue weighted by molar-refractivity contribution is 5.68. The monoisotopic (exact) mass is 503 g/mol. The van der Waals surface area contributed by atoms with Crippen LogP contribution in [0.2, 0.25) is 0 Å². The Kier molecular flexibility index (Phi) is 10.4. The molecule has 3 heterocycles. The van der Waals surface area contributed by atoms with Gasteiger partial charge in [-0.2, -0.15) is 0 Å². The quantitative estimate of drug-likeness (QED) is 0.563. The van der Waals surface area contributed by atoms with E-state index in [4.69, 9.17) is 14.6 Å². The van der Waals surface area contributed by atoms with E-state index in [1.54, 1.807) is 6.20 Å². The average Bonchev–Trinajstić information content (AvgIpc) is 2.86. The minimum Gasteiger partial charge on any atom is -0.482 e. The van der Waals surface area contributed by atoms with Crippen molar-refractivity contribution in [1.82, 2.24) is 19.8 Å². The molecule has 1 atom stereocenters. The summed E-state index contributed by atoms with van der Waals surface area (Å²) >= 11 is 0. The zero-order valence-corrected chi connectivity index (χ0v) is 21.5. The van der Waals surface area contributed by atoms with E-state index in [9.17, 15) is 9.18 Å². The Hall–Kier alpha value is -2.82. The summed E-state index contributed by atoms with van der Waals surface area (Å²) in [5.41, 5.74) is 0.111. The van der Waals surface area contributed by atoms with E-state index in [-0.39, 0.29) is 12.6 Å². The van der Waals surface area contributed by atoms with Crippen LogP contribution in [0.15, 0.2) is 36.7 Å². The maximum atomic E-state index is 13.7. The first kappa shape index (κ1) is 27.8. The summed E-state index contributed by atoms with van der Waals surface area (Å²) in [6, 6.07) is 7.89. The summed E-state index contributed by atoms with van der Waals surface area (Å²) < 4.78 is 24.2. The Morgan fingerprint density at radius 3 is 2.56 bits per heavy atom. The van der Waals surface area contributed by atoms with Crippen molar-refractivity contribution >= 4 is 11.8 Å². The molecule has 1 unspecified atom stereocenters. The fourth-order valence-corrected chi connectivity index (χ4v) is 3.89. The van der Waals surface area contributed by atoms with Gasteiger partial charge in [-0.3, -0.25) is 9.88 Å². The molecule has 4 rings (SSSR count). The maximum Gasteiger partial charge on any atom is 0.341 e. The highest BCUT2D eigenvalue weighted by atomic mass is 19.1. The summed E-state index contributed by atoms with van der Waals surface area (Å²) in [6.45, 7) is 9.49. The molecule has 1 aromatic heterocycles. The van der Waals surface area contributed by atoms with Crippen molar-refractivity contribution in [1.29, 1.82) is 0 Å². The molecule has 2 aliphatic rings. The predicted octanol–water partition coefficient (Wildman–Crippen LogP) is 3.17. The van der Waals surface area contributed by atoms with Crippen LogP contribution in [-0.4, -0.2) is 89.9 Å². The molecule has 0 aliphatic carbocycles. The van der Waals surface area contributed by atoms with Crippen LogP contribution in [0.4, 0.5) is 10.2 Å². The highest BCUT2D eigenvalue weighted by Gasteiger charge is 2.22. The lowest BCUT2D eigenvalue weighted by Gasteiger charge is -2.32. The third-order valence-corrected chi connectivity index (χ3v) is 6.04. The van der Waals surface area contributed by atoms with Gasteiger partial charge in [-0.15, -0.1) is 0 Å². The number of benzene rings is 1. The third-order valence-electron chi connectivity index (χ3n) is 6.04. The van der Waals surface area contributed by atoms with Crippen molar-refractivity contribution in [3.8, 4) is 5.75 Å². The number of nitrogens with one attached hydrogen (secondary N) is 1. The molecule has 2 aromatic rings. The molecule has 0 saturated carbocycles. The molecule has 9 nitrogen and oxygen atoms in total. The Morgan fingerprint density at radius 1 is 1.22 bits per heavy atom. The number of likely N-dealkylation sites (N-methyl/N-ethyl adjacent to an activating group) is 1. The normalized spacial score (nSPS) is 19.2. The van der Waals surface area contributed by atoms with Crippen molar-refractivity contribution in [3.63, 3.8) is 0 Å². The first-order valence-electron chi connectivity index (χ1n) is 12.4. The Morgan fingerprint density at radius 2 is 1.94 bits per heavy atom. The summed E-state index contributed by atoms with van der Waals surface area (Å²) in [4.78, 5) is 23.4. The molecule has 36 heavy (non-hydrogen) atoms. The standard InChI is InChI=1S/C14H20N2O3.C12H18FN3O/c1-15-6-8-16(9-7-15)10-12-2-4-13(5-3-12)19-11-14(17)18;1-12(2,13)10-6-14-7-11(16-10)15-9-4-3-5-17-8-9/h2-5H,6-11H2,1H3,(H,17,18);6-7,9H,3-5,8H2,1-2H3,(H,15,16). The smallest absolute Gasteiger partial charge is 0.341 e. The number of rotatable bonds is 8. The average molecular weight is 504 g/mol. The van der Waals surface area contributed by atoms with Crippen LogP contribution in [-0.2, 0) is 21.7 Å². The van der Waals surface area contributed by atoms with Crippen LogP contribution in [0.5, 0.6) is 5.75 Å². The van der Waals surface area contributed by atoms with Crippen LogP contribution in [0.25, 0.3) is 0 Å². The molecule has 2 fully saturated rings. The third kappa shape index (κ3) is 9.67. The van der Waals surface area contributed by atoms with Crippen LogP contribution in [0, 0.1) is 0 Å². The van der Waals surface area contributed by atoms with E-state index >= 15 is 0 Å². The largest absolute Gasteiger partial charge is 0.482 e. The molecular formula is C26H38FN5O4. The minimum absolute atomic E-state index is 0.246. The topological polar surface area (TPSA) is 100 Å². The van der Waals surface area contributed by atoms with Gasteiger partial charge in [-0.1, -0.05) is 12.1 Å². The number of nitrogens with zero attached hydrogens (tertiary/aromatic N) is 4. The Balaban J connectivity index is 0.000000202. The van der Waals surface area contributed by atoms with E-state index < -0.39 is 11.6 Å². The van der Waals surface area contributed by atoms with Crippen LogP contribution in [0.1, 0.15) is 37.9 Å². The summed E-state index contributed by atoms with van der Waals surface area (Å²) in [5, 5.41) is 11.8. The summed E-state index contributed by atoms with van der Waals surface area (Å²) in [6.07, 6.45) is 5.16. The number of piperazine rings is 1. The number of carboxylic acid groups (broad SMARTS) is 1. The number of halogens is 1. The van der Waals surface area contributed by atoms with Crippen LogP contribution >= 0.6 is 0 Å². The zero-order valence-electron chi connectivity index (χ0n) is 21.5. The molecule has 2 aliphatic heterocycles. The molecule has 0 bridgehead atoms. The SMILES string of the molecule is CC(C)(F)c1cncc(NC2CCCOC2)n1.CN1CCN(Cc2ccc(OCC(=O)O)cc2)CC1. The zero-order chi connectivity index (χ0) is 26.0. The number of aromatic nitrogens is 2. The highest BCUT2D eigenvalue weighted by Crippen LogP contribution is 2.23.